The third-order valence-electron chi connectivity index (χ3n) is 2.92. The fraction of sp³-hybridized carbons (Fsp3) is 0.231. The van der Waals surface area contributed by atoms with Crippen LogP contribution in [0.15, 0.2) is 27.1 Å². The summed E-state index contributed by atoms with van der Waals surface area (Å²) in [6.07, 6.45) is 0. The first-order chi connectivity index (χ1) is 9.93. The Morgan fingerprint density at radius 2 is 2.29 bits per heavy atom. The van der Waals surface area contributed by atoms with Gasteiger partial charge in [0.05, 0.1) is 27.4 Å². The zero-order valence-corrected chi connectivity index (χ0v) is 13.9. The van der Waals surface area contributed by atoms with E-state index in [0.29, 0.717) is 17.8 Å². The van der Waals surface area contributed by atoms with E-state index in [4.69, 9.17) is 10.9 Å². The third-order valence-corrected chi connectivity index (χ3v) is 4.52. The van der Waals surface area contributed by atoms with Gasteiger partial charge in [0.2, 0.25) is 0 Å². The average Bonchev–Trinajstić information content (AvgIpc) is 2.86. The van der Waals surface area contributed by atoms with Gasteiger partial charge in [0.15, 0.2) is 11.7 Å². The molecule has 0 amide bonds. The van der Waals surface area contributed by atoms with Gasteiger partial charge in [-0.25, -0.2) is 9.37 Å². The number of amidine groups is 1. The Kier molecular flexibility index (Phi) is 4.79. The maximum absolute atomic E-state index is 14.4. The first-order valence-electron chi connectivity index (χ1n) is 6.02. The van der Waals surface area contributed by atoms with Crippen molar-refractivity contribution in [2.24, 2.45) is 10.9 Å². The number of aryl methyl sites for hydroxylation is 1. The van der Waals surface area contributed by atoms with Crippen LogP contribution >= 0.6 is 27.3 Å². The molecule has 0 aliphatic heterocycles. The molecular formula is C13H14BrFN4OS. The molecule has 0 saturated carbocycles. The summed E-state index contributed by atoms with van der Waals surface area (Å²) in [6, 6.07) is 3.19. The summed E-state index contributed by atoms with van der Waals surface area (Å²) < 4.78 is 14.6. The van der Waals surface area contributed by atoms with Crippen LogP contribution in [0.5, 0.6) is 0 Å². The van der Waals surface area contributed by atoms with Gasteiger partial charge in [-0.15, -0.1) is 11.3 Å². The largest absolute Gasteiger partial charge is 0.409 e. The lowest BCUT2D eigenvalue weighted by Crippen LogP contribution is -2.20. The Bertz CT molecular complexity index is 689. The van der Waals surface area contributed by atoms with E-state index < -0.39 is 5.82 Å². The first-order valence-corrected chi connectivity index (χ1v) is 7.69. The van der Waals surface area contributed by atoms with Gasteiger partial charge in [0, 0.05) is 18.0 Å². The number of halogens is 2. The number of oxime groups is 1. The van der Waals surface area contributed by atoms with Crippen LogP contribution in [0.3, 0.4) is 0 Å². The number of hydrogen-bond donors (Lipinski definition) is 2. The molecule has 0 radical (unpaired) electrons. The van der Waals surface area contributed by atoms with Crippen molar-refractivity contribution in [1.82, 2.24) is 4.98 Å². The zero-order valence-electron chi connectivity index (χ0n) is 11.5. The monoisotopic (exact) mass is 372 g/mol. The molecule has 0 bridgehead atoms. The van der Waals surface area contributed by atoms with E-state index in [1.54, 1.807) is 35.4 Å². The lowest BCUT2D eigenvalue weighted by atomic mass is 10.1. The second-order valence-corrected chi connectivity index (χ2v) is 6.31. The van der Waals surface area contributed by atoms with Crippen molar-refractivity contribution in [1.29, 1.82) is 0 Å². The number of nitrogens with two attached hydrogens (primary N) is 1. The average molecular weight is 373 g/mol. The summed E-state index contributed by atoms with van der Waals surface area (Å²) in [7, 11) is 1.78. The summed E-state index contributed by atoms with van der Waals surface area (Å²) >= 11 is 4.70. The Hall–Kier alpha value is -1.67. The molecule has 5 nitrogen and oxygen atoms in total. The number of aromatic nitrogens is 1. The van der Waals surface area contributed by atoms with Gasteiger partial charge < -0.3 is 15.8 Å². The molecule has 0 saturated heterocycles. The molecular weight excluding hydrogens is 359 g/mol. The van der Waals surface area contributed by atoms with Crippen molar-refractivity contribution >= 4 is 38.8 Å². The van der Waals surface area contributed by atoms with Gasteiger partial charge in [-0.2, -0.15) is 0 Å². The highest BCUT2D eigenvalue weighted by atomic mass is 79.9. The normalized spacial score (nSPS) is 11.7. The molecule has 1 aromatic heterocycles. The van der Waals surface area contributed by atoms with Crippen LogP contribution in [-0.4, -0.2) is 23.1 Å². The smallest absolute Gasteiger partial charge is 0.171 e. The molecule has 0 atom stereocenters. The summed E-state index contributed by atoms with van der Waals surface area (Å²) in [5.41, 5.74) is 7.09. The predicted octanol–water partition coefficient (Wildman–Crippen LogP) is 3.08. The van der Waals surface area contributed by atoms with Gasteiger partial charge in [-0.05, 0) is 35.0 Å². The topological polar surface area (TPSA) is 74.7 Å². The van der Waals surface area contributed by atoms with Crippen molar-refractivity contribution in [3.05, 3.63) is 44.1 Å². The molecule has 8 heteroatoms. The van der Waals surface area contributed by atoms with Crippen molar-refractivity contribution in [2.45, 2.75) is 13.5 Å². The van der Waals surface area contributed by atoms with Crippen LogP contribution in [0.1, 0.15) is 16.3 Å². The van der Waals surface area contributed by atoms with E-state index >= 15 is 0 Å². The fourth-order valence-corrected chi connectivity index (χ4v) is 3.04. The highest BCUT2D eigenvalue weighted by Gasteiger charge is 2.17. The van der Waals surface area contributed by atoms with Crippen LogP contribution in [-0.2, 0) is 6.54 Å². The number of thiazole rings is 1. The molecule has 112 valence electrons. The number of hydrogen-bond acceptors (Lipinski definition) is 5. The van der Waals surface area contributed by atoms with Gasteiger partial charge in [0.1, 0.15) is 0 Å². The maximum Gasteiger partial charge on any atom is 0.171 e. The van der Waals surface area contributed by atoms with E-state index in [-0.39, 0.29) is 10.3 Å². The van der Waals surface area contributed by atoms with E-state index in [9.17, 15) is 4.39 Å². The maximum atomic E-state index is 14.4. The van der Waals surface area contributed by atoms with Gasteiger partial charge in [-0.1, -0.05) is 5.16 Å². The molecule has 0 aliphatic rings. The quantitative estimate of drug-likeness (QED) is 0.374. The molecule has 21 heavy (non-hydrogen) atoms. The summed E-state index contributed by atoms with van der Waals surface area (Å²) in [6.45, 7) is 2.42. The van der Waals surface area contributed by atoms with Crippen molar-refractivity contribution in [3.8, 4) is 0 Å². The van der Waals surface area contributed by atoms with Crippen LogP contribution in [0, 0.1) is 12.7 Å². The van der Waals surface area contributed by atoms with Crippen molar-refractivity contribution in [3.63, 3.8) is 0 Å². The molecule has 2 aromatic rings. The lowest BCUT2D eigenvalue weighted by molar-refractivity contribution is 0.318. The third kappa shape index (κ3) is 3.33. The number of anilines is 1. The van der Waals surface area contributed by atoms with Crippen LogP contribution in [0.4, 0.5) is 10.1 Å². The Morgan fingerprint density at radius 1 is 1.57 bits per heavy atom. The molecule has 0 fully saturated rings. The molecule has 1 heterocycles. The summed E-state index contributed by atoms with van der Waals surface area (Å²) in [5.74, 6) is -0.612. The van der Waals surface area contributed by atoms with E-state index in [1.807, 2.05) is 12.3 Å². The molecule has 3 N–H and O–H groups in total. The van der Waals surface area contributed by atoms with Gasteiger partial charge in [0.25, 0.3) is 0 Å². The number of nitrogens with zero attached hydrogens (tertiary/aromatic N) is 3. The van der Waals surface area contributed by atoms with Crippen LogP contribution in [0.25, 0.3) is 0 Å². The Labute approximate surface area is 134 Å². The van der Waals surface area contributed by atoms with Crippen LogP contribution < -0.4 is 10.6 Å². The van der Waals surface area contributed by atoms with Gasteiger partial charge in [-0.3, -0.25) is 0 Å². The number of rotatable bonds is 4. The fourth-order valence-electron chi connectivity index (χ4n) is 1.89. The molecule has 2 rings (SSSR count). The van der Waals surface area contributed by atoms with Crippen molar-refractivity contribution < 1.29 is 9.60 Å². The second kappa shape index (κ2) is 6.40. The van der Waals surface area contributed by atoms with E-state index in [1.165, 1.54) is 0 Å². The standard InChI is InChI=1S/C13H14BrFN4OS/c1-7-17-8(6-21-7)5-19(2)10-4-3-9(13(16)18-20)11(14)12(10)15/h3-4,6,20H,5H2,1-2H3,(H2,16,18). The zero-order chi connectivity index (χ0) is 15.6. The van der Waals surface area contributed by atoms with Gasteiger partial charge >= 0.3 is 0 Å². The minimum atomic E-state index is -0.464. The molecule has 0 aliphatic carbocycles. The van der Waals surface area contributed by atoms with E-state index in [2.05, 4.69) is 26.1 Å². The van der Waals surface area contributed by atoms with Crippen molar-refractivity contribution in [2.75, 3.05) is 11.9 Å². The summed E-state index contributed by atoms with van der Waals surface area (Å²) in [4.78, 5) is 6.11. The molecule has 0 spiro atoms. The molecule has 1 aromatic carbocycles. The minimum Gasteiger partial charge on any atom is -0.409 e. The Balaban J connectivity index is 2.30. The van der Waals surface area contributed by atoms with E-state index in [0.717, 1.165) is 10.7 Å². The lowest BCUT2D eigenvalue weighted by Gasteiger charge is -2.20. The SMILES string of the molecule is Cc1nc(CN(C)c2ccc(/C(N)=N/O)c(Br)c2F)cs1. The highest BCUT2D eigenvalue weighted by Crippen LogP contribution is 2.29. The first kappa shape index (κ1) is 15.7. The highest BCUT2D eigenvalue weighted by molar-refractivity contribution is 9.10. The number of benzene rings is 1. The minimum absolute atomic E-state index is 0.148. The second-order valence-electron chi connectivity index (χ2n) is 4.46. The Morgan fingerprint density at radius 3 is 2.86 bits per heavy atom. The van der Waals surface area contributed by atoms with Crippen LogP contribution in [0.2, 0.25) is 0 Å². The summed E-state index contributed by atoms with van der Waals surface area (Å²) in [5, 5.41) is 14.5. The predicted molar refractivity (Wildman–Crippen MR) is 85.6 cm³/mol. The molecule has 0 unspecified atom stereocenters.